The molecule has 2 atom stereocenters. The van der Waals surface area contributed by atoms with Crippen molar-refractivity contribution in [3.63, 3.8) is 0 Å². The van der Waals surface area contributed by atoms with Gasteiger partial charge in [-0.1, -0.05) is 63.4 Å². The van der Waals surface area contributed by atoms with E-state index in [0.29, 0.717) is 18.9 Å². The first-order chi connectivity index (χ1) is 14.4. The topological polar surface area (TPSA) is 61.4 Å². The Hall–Kier alpha value is -1.69. The van der Waals surface area contributed by atoms with Gasteiger partial charge in [-0.25, -0.2) is 0 Å². The minimum atomic E-state index is -0.650. The molecule has 0 bridgehead atoms. The molecule has 2 unspecified atom stereocenters. The second kappa shape index (κ2) is 10.6. The highest BCUT2D eigenvalue weighted by molar-refractivity contribution is 7.09. The van der Waals surface area contributed by atoms with E-state index >= 15 is 0 Å². The molecule has 1 heterocycles. The van der Waals surface area contributed by atoms with Gasteiger partial charge in [0.1, 0.15) is 0 Å². The summed E-state index contributed by atoms with van der Waals surface area (Å²) in [6.45, 7) is 6.43. The Morgan fingerprint density at radius 3 is 2.57 bits per heavy atom. The first kappa shape index (κ1) is 23.0. The summed E-state index contributed by atoms with van der Waals surface area (Å²) >= 11 is 1.66. The molecule has 1 amide bonds. The number of nitrogens with one attached hydrogen (secondary N) is 2. The molecule has 3 rings (SSSR count). The highest BCUT2D eigenvalue weighted by Gasteiger charge is 2.35. The van der Waals surface area contributed by atoms with E-state index in [1.54, 1.807) is 11.3 Å². The van der Waals surface area contributed by atoms with E-state index in [-0.39, 0.29) is 17.5 Å². The maximum atomic E-state index is 11.7. The fourth-order valence-corrected chi connectivity index (χ4v) is 5.32. The van der Waals surface area contributed by atoms with Crippen molar-refractivity contribution in [3.8, 4) is 0 Å². The van der Waals surface area contributed by atoms with Crippen LogP contribution in [-0.4, -0.2) is 29.7 Å². The third kappa shape index (κ3) is 5.93. The third-order valence-electron chi connectivity index (χ3n) is 6.32. The molecule has 1 aromatic heterocycles. The van der Waals surface area contributed by atoms with Crippen molar-refractivity contribution in [2.24, 2.45) is 0 Å². The lowest BCUT2D eigenvalue weighted by Crippen LogP contribution is -2.53. The smallest absolute Gasteiger partial charge is 0.217 e. The number of amides is 1. The number of benzene rings is 1. The maximum Gasteiger partial charge on any atom is 0.217 e. The number of carbonyl (C=O) groups excluding carboxylic acids is 1. The molecule has 0 radical (unpaired) electrons. The molecule has 1 saturated carbocycles. The lowest BCUT2D eigenvalue weighted by atomic mass is 9.75. The Morgan fingerprint density at radius 1 is 1.17 bits per heavy atom. The predicted molar refractivity (Wildman–Crippen MR) is 125 cm³/mol. The quantitative estimate of drug-likeness (QED) is 0.541. The average Bonchev–Trinajstić information content (AvgIpc) is 3.25. The molecule has 1 aliphatic rings. The predicted octanol–water partition coefficient (Wildman–Crippen LogP) is 4.73. The van der Waals surface area contributed by atoms with Crippen molar-refractivity contribution >= 4 is 17.2 Å². The number of thiophene rings is 1. The molecule has 1 aliphatic carbocycles. The zero-order valence-electron chi connectivity index (χ0n) is 18.5. The molecular weight excluding hydrogens is 392 g/mol. The first-order valence-electron chi connectivity index (χ1n) is 11.2. The van der Waals surface area contributed by atoms with Gasteiger partial charge in [0.2, 0.25) is 5.91 Å². The number of rotatable bonds is 9. The number of aliphatic hydroxyl groups is 1. The van der Waals surface area contributed by atoms with Crippen LogP contribution >= 0.6 is 11.3 Å². The molecular formula is C25H36N2O2S. The Morgan fingerprint density at radius 2 is 1.93 bits per heavy atom. The second-order valence-electron chi connectivity index (χ2n) is 8.96. The molecule has 1 fully saturated rings. The van der Waals surface area contributed by atoms with Crippen LogP contribution in [-0.2, 0) is 16.8 Å². The van der Waals surface area contributed by atoms with Crippen LogP contribution in [0.5, 0.6) is 0 Å². The van der Waals surface area contributed by atoms with Crippen molar-refractivity contribution in [1.29, 1.82) is 0 Å². The molecule has 1 aromatic carbocycles. The second-order valence-corrected chi connectivity index (χ2v) is 9.99. The van der Waals surface area contributed by atoms with Gasteiger partial charge in [0.15, 0.2) is 0 Å². The maximum absolute atomic E-state index is 11.7. The normalized spacial score (nSPS) is 18.2. The van der Waals surface area contributed by atoms with E-state index in [1.165, 1.54) is 42.2 Å². The van der Waals surface area contributed by atoms with Crippen molar-refractivity contribution in [3.05, 3.63) is 57.8 Å². The van der Waals surface area contributed by atoms with Crippen molar-refractivity contribution < 1.29 is 9.90 Å². The number of carbonyl (C=O) groups is 1. The molecule has 5 heteroatoms. The van der Waals surface area contributed by atoms with Gasteiger partial charge in [-0.05, 0) is 41.3 Å². The zero-order chi connectivity index (χ0) is 21.6. The van der Waals surface area contributed by atoms with Crippen LogP contribution in [0.2, 0.25) is 0 Å². The zero-order valence-corrected chi connectivity index (χ0v) is 19.3. The van der Waals surface area contributed by atoms with E-state index in [4.69, 9.17) is 0 Å². The lowest BCUT2D eigenvalue weighted by molar-refractivity contribution is -0.120. The summed E-state index contributed by atoms with van der Waals surface area (Å²) in [6, 6.07) is 12.7. The van der Waals surface area contributed by atoms with Crippen molar-refractivity contribution in [1.82, 2.24) is 10.6 Å². The van der Waals surface area contributed by atoms with E-state index in [0.717, 1.165) is 12.8 Å². The fourth-order valence-electron chi connectivity index (χ4n) is 4.55. The number of aliphatic hydroxyl groups excluding tert-OH is 1. The first-order valence-corrected chi connectivity index (χ1v) is 12.1. The largest absolute Gasteiger partial charge is 0.390 e. The molecule has 0 saturated heterocycles. The molecule has 30 heavy (non-hydrogen) atoms. The van der Waals surface area contributed by atoms with Gasteiger partial charge in [0.05, 0.1) is 12.1 Å². The monoisotopic (exact) mass is 428 g/mol. The summed E-state index contributed by atoms with van der Waals surface area (Å²) in [6.07, 6.45) is 5.81. The van der Waals surface area contributed by atoms with E-state index in [9.17, 15) is 9.90 Å². The third-order valence-corrected chi connectivity index (χ3v) is 7.22. The summed E-state index contributed by atoms with van der Waals surface area (Å²) in [4.78, 5) is 12.9. The Bertz CT molecular complexity index is 797. The van der Waals surface area contributed by atoms with E-state index in [1.807, 2.05) is 11.4 Å². The minimum Gasteiger partial charge on any atom is -0.390 e. The van der Waals surface area contributed by atoms with Crippen LogP contribution in [0.4, 0.5) is 0 Å². The summed E-state index contributed by atoms with van der Waals surface area (Å²) in [5.74, 6) is 0.388. The molecule has 164 valence electrons. The van der Waals surface area contributed by atoms with E-state index in [2.05, 4.69) is 54.8 Å². The van der Waals surface area contributed by atoms with Gasteiger partial charge in [0.25, 0.3) is 0 Å². The van der Waals surface area contributed by atoms with Crippen LogP contribution in [0, 0.1) is 0 Å². The summed E-state index contributed by atoms with van der Waals surface area (Å²) < 4.78 is 0. The van der Waals surface area contributed by atoms with Gasteiger partial charge in [-0.2, -0.15) is 0 Å². The standard InChI is InChI=1S/C25H36N2O2S/c1-18(2)20-9-7-10-21(15-20)25(12-5-4-6-13-25)26-17-24(29)23(27-19(3)28)16-22-11-8-14-30-22/h7-11,14-15,18,23-24,26,29H,4-6,12-13,16-17H2,1-3H3,(H,27,28). The van der Waals surface area contributed by atoms with Crippen LogP contribution in [0.15, 0.2) is 41.8 Å². The van der Waals surface area contributed by atoms with Gasteiger partial charge in [0, 0.05) is 30.3 Å². The molecule has 0 aliphatic heterocycles. The molecule has 4 nitrogen and oxygen atoms in total. The molecule has 3 N–H and O–H groups in total. The minimum absolute atomic E-state index is 0.103. The Kier molecular flexibility index (Phi) is 8.09. The van der Waals surface area contributed by atoms with Crippen molar-refractivity contribution in [2.75, 3.05) is 6.54 Å². The van der Waals surface area contributed by atoms with Crippen LogP contribution < -0.4 is 10.6 Å². The summed E-state index contributed by atoms with van der Waals surface area (Å²) in [7, 11) is 0. The fraction of sp³-hybridized carbons (Fsp3) is 0.560. The van der Waals surface area contributed by atoms with Crippen LogP contribution in [0.25, 0.3) is 0 Å². The molecule has 0 spiro atoms. The highest BCUT2D eigenvalue weighted by Crippen LogP contribution is 2.38. The van der Waals surface area contributed by atoms with Gasteiger partial charge >= 0.3 is 0 Å². The van der Waals surface area contributed by atoms with Crippen LogP contribution in [0.3, 0.4) is 0 Å². The van der Waals surface area contributed by atoms with Gasteiger partial charge in [-0.3, -0.25) is 4.79 Å². The SMILES string of the molecule is CC(=O)NC(Cc1cccs1)C(O)CNC1(c2cccc(C(C)C)c2)CCCCC1. The number of hydrogen-bond donors (Lipinski definition) is 3. The van der Waals surface area contributed by atoms with Crippen LogP contribution in [0.1, 0.15) is 74.8 Å². The van der Waals surface area contributed by atoms with Gasteiger partial charge < -0.3 is 15.7 Å². The van der Waals surface area contributed by atoms with E-state index < -0.39 is 6.10 Å². The Labute approximate surface area is 185 Å². The summed E-state index contributed by atoms with van der Waals surface area (Å²) in [5.41, 5.74) is 2.58. The Balaban J connectivity index is 1.75. The molecule has 2 aromatic rings. The average molecular weight is 429 g/mol. The summed E-state index contributed by atoms with van der Waals surface area (Å²) in [5, 5.41) is 19.8. The lowest BCUT2D eigenvalue weighted by Gasteiger charge is -2.40. The number of hydrogen-bond acceptors (Lipinski definition) is 4. The highest BCUT2D eigenvalue weighted by atomic mass is 32.1. The van der Waals surface area contributed by atoms with Crippen molar-refractivity contribution in [2.45, 2.75) is 82.9 Å². The van der Waals surface area contributed by atoms with Gasteiger partial charge in [-0.15, -0.1) is 11.3 Å².